The Hall–Kier alpha value is -0.880. The third-order valence-corrected chi connectivity index (χ3v) is 1.62. The van der Waals surface area contributed by atoms with Gasteiger partial charge in [0.2, 0.25) is 0 Å². The smallest absolute Gasteiger partial charge is 0.386 e. The predicted molar refractivity (Wildman–Crippen MR) is 35.3 cm³/mol. The van der Waals surface area contributed by atoms with E-state index in [0.29, 0.717) is 6.08 Å². The maximum Gasteiger partial charge on any atom is 0.418 e. The first-order valence-electron chi connectivity index (χ1n) is 3.35. The molecule has 0 unspecified atom stereocenters. The molecular weight excluding hydrogens is 192 g/mol. The van der Waals surface area contributed by atoms with Crippen LogP contribution in [0.4, 0.5) is 17.6 Å². The molecule has 0 fully saturated rings. The molecule has 2 nitrogen and oxygen atoms in total. The molecule has 1 rings (SSSR count). The van der Waals surface area contributed by atoms with Gasteiger partial charge in [-0.3, -0.25) is 0 Å². The van der Waals surface area contributed by atoms with Crippen LogP contribution in [0.3, 0.4) is 0 Å². The third-order valence-electron chi connectivity index (χ3n) is 1.62. The van der Waals surface area contributed by atoms with Crippen LogP contribution in [0.5, 0.6) is 0 Å². The first-order valence-corrected chi connectivity index (χ1v) is 3.35. The van der Waals surface area contributed by atoms with Gasteiger partial charge in [0.05, 0.1) is 5.57 Å². The van der Waals surface area contributed by atoms with Crippen LogP contribution in [0.2, 0.25) is 0 Å². The lowest BCUT2D eigenvalue weighted by molar-refractivity contribution is -0.115. The van der Waals surface area contributed by atoms with E-state index in [2.05, 4.69) is 0 Å². The first kappa shape index (κ1) is 10.2. The van der Waals surface area contributed by atoms with Crippen molar-refractivity contribution in [2.45, 2.75) is 18.4 Å². The van der Waals surface area contributed by atoms with Crippen LogP contribution >= 0.6 is 0 Å². The van der Waals surface area contributed by atoms with Gasteiger partial charge in [-0.1, -0.05) is 6.08 Å². The molecule has 0 aliphatic heterocycles. The maximum atomic E-state index is 12.6. The second-order valence-electron chi connectivity index (χ2n) is 2.55. The molecule has 1 aliphatic rings. The SMILES string of the molecule is O[C@@H]1C(C(F)(F)F)=C(F)C=C[C@@H]1O. The Bertz CT molecular complexity index is 266. The van der Waals surface area contributed by atoms with Gasteiger partial charge in [-0.25, -0.2) is 4.39 Å². The average molecular weight is 198 g/mol. The van der Waals surface area contributed by atoms with E-state index in [1.807, 2.05) is 0 Å². The van der Waals surface area contributed by atoms with Gasteiger partial charge in [0.25, 0.3) is 0 Å². The zero-order valence-electron chi connectivity index (χ0n) is 6.22. The van der Waals surface area contributed by atoms with Gasteiger partial charge in [0, 0.05) is 0 Å². The fourth-order valence-corrected chi connectivity index (χ4v) is 0.993. The molecule has 0 bridgehead atoms. The van der Waals surface area contributed by atoms with Crippen molar-refractivity contribution in [1.29, 1.82) is 0 Å². The fourth-order valence-electron chi connectivity index (χ4n) is 0.993. The molecule has 0 aromatic heterocycles. The fraction of sp³-hybridized carbons (Fsp3) is 0.429. The lowest BCUT2D eigenvalue weighted by Crippen LogP contribution is -2.35. The van der Waals surface area contributed by atoms with Gasteiger partial charge in [0.1, 0.15) is 18.0 Å². The monoisotopic (exact) mass is 198 g/mol. The standard InChI is InChI=1S/C7H6F4O2/c8-3-1-2-4(12)6(13)5(3)7(9,10)11/h1-2,4,6,12-13H/t4-,6-/m0/s1. The van der Waals surface area contributed by atoms with E-state index in [1.165, 1.54) is 0 Å². The Morgan fingerprint density at radius 2 is 1.77 bits per heavy atom. The van der Waals surface area contributed by atoms with Crippen LogP contribution in [-0.2, 0) is 0 Å². The highest BCUT2D eigenvalue weighted by atomic mass is 19.4. The Balaban J connectivity index is 3.10. The molecule has 2 atom stereocenters. The van der Waals surface area contributed by atoms with E-state index in [0.717, 1.165) is 6.08 Å². The number of aliphatic hydroxyl groups is 2. The Kier molecular flexibility index (Phi) is 2.44. The highest BCUT2D eigenvalue weighted by Crippen LogP contribution is 2.35. The van der Waals surface area contributed by atoms with E-state index in [4.69, 9.17) is 10.2 Å². The Morgan fingerprint density at radius 1 is 1.23 bits per heavy atom. The van der Waals surface area contributed by atoms with Crippen molar-refractivity contribution >= 4 is 0 Å². The number of allylic oxidation sites excluding steroid dienone is 2. The van der Waals surface area contributed by atoms with Crippen LogP contribution < -0.4 is 0 Å². The lowest BCUT2D eigenvalue weighted by atomic mass is 9.98. The maximum absolute atomic E-state index is 12.6. The molecule has 0 aromatic carbocycles. The zero-order chi connectivity index (χ0) is 10.2. The van der Waals surface area contributed by atoms with E-state index in [9.17, 15) is 17.6 Å². The van der Waals surface area contributed by atoms with Crippen molar-refractivity contribution in [2.75, 3.05) is 0 Å². The van der Waals surface area contributed by atoms with E-state index in [1.54, 1.807) is 0 Å². The molecule has 0 spiro atoms. The molecule has 1 aliphatic carbocycles. The van der Waals surface area contributed by atoms with E-state index < -0.39 is 29.8 Å². The van der Waals surface area contributed by atoms with Crippen LogP contribution in [0.1, 0.15) is 0 Å². The Morgan fingerprint density at radius 3 is 2.15 bits per heavy atom. The summed E-state index contributed by atoms with van der Waals surface area (Å²) in [6.45, 7) is 0. The highest BCUT2D eigenvalue weighted by molar-refractivity contribution is 5.33. The van der Waals surface area contributed by atoms with Crippen LogP contribution in [0, 0.1) is 0 Å². The quantitative estimate of drug-likeness (QED) is 0.571. The van der Waals surface area contributed by atoms with Gasteiger partial charge >= 0.3 is 6.18 Å². The molecule has 2 N–H and O–H groups in total. The molecular formula is C7H6F4O2. The number of aliphatic hydroxyl groups excluding tert-OH is 2. The summed E-state index contributed by atoms with van der Waals surface area (Å²) >= 11 is 0. The van der Waals surface area contributed by atoms with Crippen molar-refractivity contribution < 1.29 is 27.8 Å². The highest BCUT2D eigenvalue weighted by Gasteiger charge is 2.44. The summed E-state index contributed by atoms with van der Waals surface area (Å²) in [6, 6.07) is 0. The zero-order valence-corrected chi connectivity index (χ0v) is 6.22. The molecule has 0 saturated carbocycles. The van der Waals surface area contributed by atoms with E-state index >= 15 is 0 Å². The number of hydrogen-bond donors (Lipinski definition) is 2. The minimum Gasteiger partial charge on any atom is -0.386 e. The number of alkyl halides is 3. The summed E-state index contributed by atoms with van der Waals surface area (Å²) in [6.07, 6.45) is -7.67. The van der Waals surface area contributed by atoms with Crippen LogP contribution in [0.15, 0.2) is 23.6 Å². The average Bonchev–Trinajstić information content (AvgIpc) is 1.95. The van der Waals surface area contributed by atoms with Crippen molar-refractivity contribution in [3.63, 3.8) is 0 Å². The summed E-state index contributed by atoms with van der Waals surface area (Å²) in [4.78, 5) is 0. The molecule has 6 heteroatoms. The molecule has 0 aromatic rings. The molecule has 0 heterocycles. The van der Waals surface area contributed by atoms with E-state index in [-0.39, 0.29) is 0 Å². The molecule has 13 heavy (non-hydrogen) atoms. The number of halogens is 4. The molecule has 0 radical (unpaired) electrons. The van der Waals surface area contributed by atoms with Crippen LogP contribution in [0.25, 0.3) is 0 Å². The van der Waals surface area contributed by atoms with Crippen molar-refractivity contribution in [3.05, 3.63) is 23.6 Å². The summed E-state index contributed by atoms with van der Waals surface area (Å²) < 4.78 is 48.6. The predicted octanol–water partition coefficient (Wildman–Crippen LogP) is 1.06. The van der Waals surface area contributed by atoms with Gasteiger partial charge in [-0.2, -0.15) is 13.2 Å². The second kappa shape index (κ2) is 3.12. The minimum absolute atomic E-state index is 0.486. The molecule has 74 valence electrons. The lowest BCUT2D eigenvalue weighted by Gasteiger charge is -2.23. The van der Waals surface area contributed by atoms with Crippen molar-refractivity contribution in [3.8, 4) is 0 Å². The molecule has 0 amide bonds. The van der Waals surface area contributed by atoms with Gasteiger partial charge < -0.3 is 10.2 Å². The first-order chi connectivity index (χ1) is 5.84. The largest absolute Gasteiger partial charge is 0.418 e. The van der Waals surface area contributed by atoms with Crippen molar-refractivity contribution in [1.82, 2.24) is 0 Å². The van der Waals surface area contributed by atoms with Gasteiger partial charge in [-0.15, -0.1) is 0 Å². The Labute approximate surface area is 70.8 Å². The van der Waals surface area contributed by atoms with Gasteiger partial charge in [0.15, 0.2) is 0 Å². The number of hydrogen-bond acceptors (Lipinski definition) is 2. The summed E-state index contributed by atoms with van der Waals surface area (Å²) in [7, 11) is 0. The summed E-state index contributed by atoms with van der Waals surface area (Å²) in [5, 5.41) is 17.6. The molecule has 0 saturated heterocycles. The van der Waals surface area contributed by atoms with Crippen LogP contribution in [-0.4, -0.2) is 28.6 Å². The summed E-state index contributed by atoms with van der Waals surface area (Å²) in [5.41, 5.74) is -1.73. The third kappa shape index (κ3) is 1.89. The number of rotatable bonds is 0. The topological polar surface area (TPSA) is 40.5 Å². The minimum atomic E-state index is -4.96. The second-order valence-corrected chi connectivity index (χ2v) is 2.55. The normalized spacial score (nSPS) is 29.7. The van der Waals surface area contributed by atoms with Crippen molar-refractivity contribution in [2.24, 2.45) is 0 Å². The van der Waals surface area contributed by atoms with Gasteiger partial charge in [-0.05, 0) is 6.08 Å². The summed E-state index contributed by atoms with van der Waals surface area (Å²) in [5.74, 6) is -1.56.